The molecule has 0 spiro atoms. The molecule has 1 aliphatic rings. The van der Waals surface area contributed by atoms with E-state index in [4.69, 9.17) is 19.4 Å². The molecule has 2 atom stereocenters. The number of nitrogens with zero attached hydrogens (tertiary/aromatic N) is 4. The van der Waals surface area contributed by atoms with E-state index in [2.05, 4.69) is 65.9 Å². The van der Waals surface area contributed by atoms with Crippen molar-refractivity contribution < 1.29 is 9.47 Å². The third kappa shape index (κ3) is 3.82. The minimum atomic E-state index is 0.150. The predicted molar refractivity (Wildman–Crippen MR) is 128 cm³/mol. The maximum atomic E-state index is 5.97. The van der Waals surface area contributed by atoms with Crippen LogP contribution in [0.3, 0.4) is 0 Å². The highest BCUT2D eigenvalue weighted by Gasteiger charge is 2.27. The Bertz CT molecular complexity index is 1190. The third-order valence-electron chi connectivity index (χ3n) is 5.79. The Kier molecular flexibility index (Phi) is 5.53. The summed E-state index contributed by atoms with van der Waals surface area (Å²) in [5.74, 6) is 1.82. The van der Waals surface area contributed by atoms with E-state index in [9.17, 15) is 0 Å². The van der Waals surface area contributed by atoms with E-state index in [0.29, 0.717) is 6.61 Å². The normalized spacial score (nSPS) is 18.8. The molecule has 0 amide bonds. The van der Waals surface area contributed by atoms with E-state index in [-0.39, 0.29) is 12.2 Å². The van der Waals surface area contributed by atoms with Gasteiger partial charge in [0.25, 0.3) is 0 Å². The van der Waals surface area contributed by atoms with Crippen LogP contribution in [0.15, 0.2) is 67.1 Å². The van der Waals surface area contributed by atoms with Crippen molar-refractivity contribution in [1.29, 1.82) is 0 Å². The Morgan fingerprint density at radius 3 is 2.38 bits per heavy atom. The molecule has 2 aromatic heterocycles. The van der Waals surface area contributed by atoms with Crippen molar-refractivity contribution in [2.75, 3.05) is 24.6 Å². The first-order valence-electron chi connectivity index (χ1n) is 11.2. The molecule has 0 unspecified atom stereocenters. The third-order valence-corrected chi connectivity index (χ3v) is 5.79. The lowest BCUT2D eigenvalue weighted by Gasteiger charge is -2.36. The van der Waals surface area contributed by atoms with Gasteiger partial charge < -0.3 is 18.9 Å². The molecule has 0 radical (unpaired) electrons. The van der Waals surface area contributed by atoms with Gasteiger partial charge in [0.1, 0.15) is 17.9 Å². The summed E-state index contributed by atoms with van der Waals surface area (Å²) >= 11 is 0. The minimum absolute atomic E-state index is 0.150. The topological polar surface area (TPSA) is 52.4 Å². The van der Waals surface area contributed by atoms with Gasteiger partial charge in [0.05, 0.1) is 24.2 Å². The number of morpholine rings is 1. The van der Waals surface area contributed by atoms with Gasteiger partial charge in [-0.25, -0.2) is 9.97 Å². The fraction of sp³-hybridized carbons (Fsp3) is 0.308. The summed E-state index contributed by atoms with van der Waals surface area (Å²) in [6.07, 6.45) is 4.14. The summed E-state index contributed by atoms with van der Waals surface area (Å²) in [5.41, 5.74) is 4.20. The second-order valence-corrected chi connectivity index (χ2v) is 8.26. The second kappa shape index (κ2) is 8.63. The number of fused-ring (bicyclic) bond motifs is 1. The van der Waals surface area contributed by atoms with Crippen LogP contribution in [-0.2, 0) is 4.74 Å². The summed E-state index contributed by atoms with van der Waals surface area (Å²) in [6.45, 7) is 8.48. The van der Waals surface area contributed by atoms with Crippen LogP contribution in [0.4, 0.5) is 5.82 Å². The first kappa shape index (κ1) is 20.5. The molecule has 0 N–H and O–H groups in total. The first-order valence-corrected chi connectivity index (χ1v) is 11.2. The highest BCUT2D eigenvalue weighted by molar-refractivity contribution is 6.02. The fourth-order valence-electron chi connectivity index (χ4n) is 4.54. The summed E-state index contributed by atoms with van der Waals surface area (Å²) in [7, 11) is 0. The Morgan fingerprint density at radius 1 is 0.969 bits per heavy atom. The molecule has 4 aromatic rings. The Balaban J connectivity index is 1.70. The molecule has 6 heteroatoms. The summed E-state index contributed by atoms with van der Waals surface area (Å²) < 4.78 is 13.7. The number of hydrogen-bond donors (Lipinski definition) is 0. The van der Waals surface area contributed by atoms with Crippen LogP contribution in [0.5, 0.6) is 5.75 Å². The molecular weight excluding hydrogens is 400 g/mol. The van der Waals surface area contributed by atoms with Gasteiger partial charge in [-0.15, -0.1) is 0 Å². The largest absolute Gasteiger partial charge is 0.494 e. The van der Waals surface area contributed by atoms with Crippen LogP contribution < -0.4 is 9.64 Å². The molecule has 1 fully saturated rings. The average molecular weight is 429 g/mol. The quantitative estimate of drug-likeness (QED) is 0.443. The summed E-state index contributed by atoms with van der Waals surface area (Å²) in [5, 5.41) is 1.06. The van der Waals surface area contributed by atoms with Gasteiger partial charge >= 0.3 is 0 Å². The van der Waals surface area contributed by atoms with Crippen LogP contribution >= 0.6 is 0 Å². The average Bonchev–Trinajstić information content (AvgIpc) is 3.20. The van der Waals surface area contributed by atoms with Crippen LogP contribution in [0.25, 0.3) is 27.8 Å². The van der Waals surface area contributed by atoms with Crippen molar-refractivity contribution in [1.82, 2.24) is 14.5 Å². The first-order chi connectivity index (χ1) is 15.6. The van der Waals surface area contributed by atoms with Crippen molar-refractivity contribution in [2.24, 2.45) is 0 Å². The number of anilines is 1. The van der Waals surface area contributed by atoms with Gasteiger partial charge in [-0.05, 0) is 50.6 Å². The zero-order chi connectivity index (χ0) is 22.1. The van der Waals surface area contributed by atoms with Gasteiger partial charge in [0.15, 0.2) is 5.65 Å². The molecule has 6 nitrogen and oxygen atoms in total. The molecule has 164 valence electrons. The number of hydrogen-bond acceptors (Lipinski definition) is 5. The van der Waals surface area contributed by atoms with Crippen LogP contribution in [0.1, 0.15) is 20.8 Å². The molecule has 2 aromatic carbocycles. The van der Waals surface area contributed by atoms with Crippen molar-refractivity contribution in [2.45, 2.75) is 33.0 Å². The smallest absolute Gasteiger partial charge is 0.150 e. The second-order valence-electron chi connectivity index (χ2n) is 8.26. The van der Waals surface area contributed by atoms with Gasteiger partial charge in [-0.1, -0.05) is 30.3 Å². The molecule has 1 saturated heterocycles. The van der Waals surface area contributed by atoms with E-state index in [0.717, 1.165) is 52.5 Å². The van der Waals surface area contributed by atoms with E-state index >= 15 is 0 Å². The zero-order valence-electron chi connectivity index (χ0n) is 18.7. The van der Waals surface area contributed by atoms with E-state index < -0.39 is 0 Å². The molecule has 5 rings (SSSR count). The number of rotatable bonds is 5. The number of ether oxygens (including phenoxy) is 2. The highest BCUT2D eigenvalue weighted by Crippen LogP contribution is 2.37. The van der Waals surface area contributed by atoms with Crippen LogP contribution in [-0.4, -0.2) is 46.4 Å². The minimum Gasteiger partial charge on any atom is -0.494 e. The fourth-order valence-corrected chi connectivity index (χ4v) is 4.54. The number of benzene rings is 2. The highest BCUT2D eigenvalue weighted by atomic mass is 16.5. The van der Waals surface area contributed by atoms with Crippen LogP contribution in [0.2, 0.25) is 0 Å². The predicted octanol–water partition coefficient (Wildman–Crippen LogP) is 5.10. The van der Waals surface area contributed by atoms with Crippen molar-refractivity contribution in [3.63, 3.8) is 0 Å². The molecule has 0 bridgehead atoms. The Labute approximate surface area is 188 Å². The van der Waals surface area contributed by atoms with E-state index in [1.54, 1.807) is 6.33 Å². The van der Waals surface area contributed by atoms with Crippen molar-refractivity contribution in [3.05, 3.63) is 67.1 Å². The molecule has 0 aliphatic carbocycles. The van der Waals surface area contributed by atoms with Crippen LogP contribution in [0, 0.1) is 0 Å². The van der Waals surface area contributed by atoms with Gasteiger partial charge in [-0.3, -0.25) is 0 Å². The number of aromatic nitrogens is 3. The summed E-state index contributed by atoms with van der Waals surface area (Å²) in [4.78, 5) is 11.8. The van der Waals surface area contributed by atoms with E-state index in [1.165, 1.54) is 0 Å². The SMILES string of the molecule is CCOc1ccc(-n2cc(-c3ccccc3)c3c(N4C[C@@H](C)O[C@@H](C)C4)ncnc32)cc1. The maximum Gasteiger partial charge on any atom is 0.150 e. The Morgan fingerprint density at radius 2 is 1.69 bits per heavy atom. The zero-order valence-corrected chi connectivity index (χ0v) is 18.7. The maximum absolute atomic E-state index is 5.97. The molecule has 0 saturated carbocycles. The Hall–Kier alpha value is -3.38. The van der Waals surface area contributed by atoms with Gasteiger partial charge in [0.2, 0.25) is 0 Å². The molecule has 1 aliphatic heterocycles. The summed E-state index contributed by atoms with van der Waals surface area (Å²) in [6, 6.07) is 18.6. The van der Waals surface area contributed by atoms with Crippen molar-refractivity contribution in [3.8, 4) is 22.6 Å². The monoisotopic (exact) mass is 428 g/mol. The standard InChI is InChI=1S/C26H28N4O2/c1-4-31-22-12-10-21(11-13-22)30-16-23(20-8-6-5-7-9-20)24-25(27-17-28-26(24)30)29-14-18(2)32-19(3)15-29/h5-13,16-19H,4,14-15H2,1-3H3/t18-,19+. The lowest BCUT2D eigenvalue weighted by atomic mass is 10.1. The van der Waals surface area contributed by atoms with Gasteiger partial charge in [0, 0.05) is 30.5 Å². The molecular formula is C26H28N4O2. The lowest BCUT2D eigenvalue weighted by Crippen LogP contribution is -2.46. The van der Waals surface area contributed by atoms with E-state index in [1.807, 2.05) is 25.1 Å². The molecule has 32 heavy (non-hydrogen) atoms. The van der Waals surface area contributed by atoms with Crippen molar-refractivity contribution >= 4 is 16.9 Å². The van der Waals surface area contributed by atoms with Gasteiger partial charge in [-0.2, -0.15) is 0 Å². The lowest BCUT2D eigenvalue weighted by molar-refractivity contribution is -0.00537. The molecule has 3 heterocycles.